The van der Waals surface area contributed by atoms with Crippen LogP contribution in [0.5, 0.6) is 0 Å². The molecule has 0 aliphatic rings. The van der Waals surface area contributed by atoms with E-state index in [1.165, 1.54) is 4.90 Å². The zero-order chi connectivity index (χ0) is 16.6. The van der Waals surface area contributed by atoms with Gasteiger partial charge in [-0.15, -0.1) is 0 Å². The summed E-state index contributed by atoms with van der Waals surface area (Å²) in [7, 11) is 0. The van der Waals surface area contributed by atoms with Crippen molar-refractivity contribution >= 4 is 11.7 Å². The molecule has 0 aromatic heterocycles. The zero-order valence-electron chi connectivity index (χ0n) is 13.3. The number of rotatable bonds is 15. The van der Waals surface area contributed by atoms with Gasteiger partial charge in [-0.3, -0.25) is 9.59 Å². The molecule has 0 aliphatic heterocycles. The fourth-order valence-electron chi connectivity index (χ4n) is 1.82. The Bertz CT molecular complexity index is 297. The third-order valence-electron chi connectivity index (χ3n) is 2.88. The van der Waals surface area contributed by atoms with Crippen LogP contribution in [0.2, 0.25) is 0 Å². The van der Waals surface area contributed by atoms with Crippen LogP contribution in [-0.4, -0.2) is 75.7 Å². The first kappa shape index (κ1) is 20.9. The monoisotopic (exact) mass is 318 g/mol. The lowest BCUT2D eigenvalue weighted by molar-refractivity contribution is -0.135. The molecule has 0 spiro atoms. The number of nitrogens with zero attached hydrogens (tertiary/aromatic N) is 1. The smallest absolute Gasteiger partial charge is 0.230 e. The fraction of sp³-hybridized carbons (Fsp3) is 0.857. The second-order valence-electron chi connectivity index (χ2n) is 4.79. The van der Waals surface area contributed by atoms with Gasteiger partial charge in [-0.05, 0) is 6.42 Å². The standard InChI is InChI=1S/C14H30N4O4/c15-3-6-18(7-4-16)14(20)12-13(19)2-1-8-21-10-11-22-9-5-17/h1-12,15-17H2. The van der Waals surface area contributed by atoms with Crippen molar-refractivity contribution in [3.63, 3.8) is 0 Å². The number of Topliss-reactive ketones (excluding diaryl/α,β-unsaturated/α-hetero) is 1. The summed E-state index contributed by atoms with van der Waals surface area (Å²) in [6, 6.07) is 0. The van der Waals surface area contributed by atoms with Crippen molar-refractivity contribution in [1.82, 2.24) is 4.90 Å². The molecule has 1 amide bonds. The lowest BCUT2D eigenvalue weighted by Gasteiger charge is -2.20. The average molecular weight is 318 g/mol. The van der Waals surface area contributed by atoms with E-state index in [1.54, 1.807) is 0 Å². The van der Waals surface area contributed by atoms with Crippen molar-refractivity contribution in [3.8, 4) is 0 Å². The van der Waals surface area contributed by atoms with Crippen LogP contribution in [0, 0.1) is 0 Å². The highest BCUT2D eigenvalue weighted by Gasteiger charge is 2.15. The van der Waals surface area contributed by atoms with E-state index in [0.29, 0.717) is 72.0 Å². The first-order chi connectivity index (χ1) is 10.7. The minimum atomic E-state index is -0.211. The Labute approximate surface area is 132 Å². The molecule has 0 rings (SSSR count). The summed E-state index contributed by atoms with van der Waals surface area (Å²) in [4.78, 5) is 25.2. The van der Waals surface area contributed by atoms with E-state index in [9.17, 15) is 9.59 Å². The molecule has 0 heterocycles. The number of ketones is 1. The number of nitrogens with two attached hydrogens (primary N) is 3. The van der Waals surface area contributed by atoms with Gasteiger partial charge in [0, 0.05) is 45.8 Å². The molecule has 0 bridgehead atoms. The van der Waals surface area contributed by atoms with Gasteiger partial charge >= 0.3 is 0 Å². The van der Waals surface area contributed by atoms with Gasteiger partial charge in [0.15, 0.2) is 0 Å². The lowest BCUT2D eigenvalue weighted by atomic mass is 10.1. The summed E-state index contributed by atoms with van der Waals surface area (Å²) in [6.07, 6.45) is 0.824. The molecule has 0 saturated heterocycles. The Morgan fingerprint density at radius 1 is 0.818 bits per heavy atom. The largest absolute Gasteiger partial charge is 0.379 e. The van der Waals surface area contributed by atoms with Crippen molar-refractivity contribution < 1.29 is 19.1 Å². The first-order valence-electron chi connectivity index (χ1n) is 7.70. The van der Waals surface area contributed by atoms with Crippen molar-refractivity contribution in [2.24, 2.45) is 17.2 Å². The Hall–Kier alpha value is -1.06. The van der Waals surface area contributed by atoms with Crippen LogP contribution in [0.15, 0.2) is 0 Å². The van der Waals surface area contributed by atoms with Crippen LogP contribution in [0.1, 0.15) is 19.3 Å². The average Bonchev–Trinajstić information content (AvgIpc) is 2.49. The van der Waals surface area contributed by atoms with Crippen LogP contribution in [0.4, 0.5) is 0 Å². The molecule has 0 unspecified atom stereocenters. The van der Waals surface area contributed by atoms with Gasteiger partial charge in [0.2, 0.25) is 5.91 Å². The van der Waals surface area contributed by atoms with E-state index in [1.807, 2.05) is 0 Å². The number of amides is 1. The molecular formula is C14H30N4O4. The van der Waals surface area contributed by atoms with E-state index in [2.05, 4.69) is 0 Å². The number of hydrogen-bond donors (Lipinski definition) is 3. The minimum Gasteiger partial charge on any atom is -0.379 e. The first-order valence-corrected chi connectivity index (χ1v) is 7.70. The normalized spacial score (nSPS) is 10.7. The Balaban J connectivity index is 3.68. The highest BCUT2D eigenvalue weighted by atomic mass is 16.5. The summed E-state index contributed by atoms with van der Waals surface area (Å²) in [5.74, 6) is -0.302. The molecule has 6 N–H and O–H groups in total. The second-order valence-corrected chi connectivity index (χ2v) is 4.79. The molecule has 0 aromatic carbocycles. The molecule has 0 radical (unpaired) electrons. The highest BCUT2D eigenvalue weighted by Crippen LogP contribution is 2.00. The molecule has 0 saturated carbocycles. The predicted octanol–water partition coefficient (Wildman–Crippen LogP) is -1.54. The van der Waals surface area contributed by atoms with Crippen molar-refractivity contribution in [2.45, 2.75) is 19.3 Å². The quantitative estimate of drug-likeness (QED) is 0.246. The summed E-state index contributed by atoms with van der Waals surface area (Å²) in [6.45, 7) is 4.04. The predicted molar refractivity (Wildman–Crippen MR) is 84.2 cm³/mol. The SMILES string of the molecule is NCCOCCOCCCC(=O)CC(=O)N(CCN)CCN. The summed E-state index contributed by atoms with van der Waals surface area (Å²) in [5.41, 5.74) is 16.1. The Morgan fingerprint density at radius 3 is 1.95 bits per heavy atom. The van der Waals surface area contributed by atoms with Crippen LogP contribution in [0.25, 0.3) is 0 Å². The number of carbonyl (C=O) groups excluding carboxylic acids is 2. The third kappa shape index (κ3) is 11.6. The van der Waals surface area contributed by atoms with E-state index < -0.39 is 0 Å². The van der Waals surface area contributed by atoms with Crippen LogP contribution in [0.3, 0.4) is 0 Å². The fourth-order valence-corrected chi connectivity index (χ4v) is 1.82. The maximum atomic E-state index is 11.9. The topological polar surface area (TPSA) is 134 Å². The van der Waals surface area contributed by atoms with Gasteiger partial charge in [-0.2, -0.15) is 0 Å². The molecule has 130 valence electrons. The van der Waals surface area contributed by atoms with Gasteiger partial charge in [-0.25, -0.2) is 0 Å². The van der Waals surface area contributed by atoms with Crippen molar-refractivity contribution in [3.05, 3.63) is 0 Å². The van der Waals surface area contributed by atoms with Gasteiger partial charge < -0.3 is 31.6 Å². The van der Waals surface area contributed by atoms with Gasteiger partial charge in [0.1, 0.15) is 5.78 Å². The maximum absolute atomic E-state index is 11.9. The Kier molecular flexibility index (Phi) is 14.1. The van der Waals surface area contributed by atoms with Crippen molar-refractivity contribution in [2.75, 3.05) is 59.2 Å². The highest BCUT2D eigenvalue weighted by molar-refractivity contribution is 5.97. The molecule has 22 heavy (non-hydrogen) atoms. The minimum absolute atomic E-state index is 0.0907. The van der Waals surface area contributed by atoms with E-state index in [0.717, 1.165) is 0 Å². The molecule has 0 atom stereocenters. The number of hydrogen-bond acceptors (Lipinski definition) is 7. The Morgan fingerprint density at radius 2 is 1.41 bits per heavy atom. The van der Waals surface area contributed by atoms with Crippen LogP contribution < -0.4 is 17.2 Å². The van der Waals surface area contributed by atoms with Gasteiger partial charge in [0.25, 0.3) is 0 Å². The molecular weight excluding hydrogens is 288 g/mol. The number of carbonyl (C=O) groups is 2. The van der Waals surface area contributed by atoms with Gasteiger partial charge in [0.05, 0.1) is 26.2 Å². The summed E-state index contributed by atoms with van der Waals surface area (Å²) in [5, 5.41) is 0. The van der Waals surface area contributed by atoms with Gasteiger partial charge in [-0.1, -0.05) is 0 Å². The lowest BCUT2D eigenvalue weighted by Crippen LogP contribution is -2.39. The molecule has 8 nitrogen and oxygen atoms in total. The van der Waals surface area contributed by atoms with E-state index in [4.69, 9.17) is 26.7 Å². The molecule has 0 fully saturated rings. The van der Waals surface area contributed by atoms with Crippen LogP contribution in [-0.2, 0) is 19.1 Å². The third-order valence-corrected chi connectivity index (χ3v) is 2.88. The maximum Gasteiger partial charge on any atom is 0.230 e. The summed E-state index contributed by atoms with van der Waals surface area (Å²) < 4.78 is 10.5. The van der Waals surface area contributed by atoms with E-state index in [-0.39, 0.29) is 18.1 Å². The van der Waals surface area contributed by atoms with E-state index >= 15 is 0 Å². The molecule has 8 heteroatoms. The summed E-state index contributed by atoms with van der Waals surface area (Å²) >= 11 is 0. The zero-order valence-corrected chi connectivity index (χ0v) is 13.3. The molecule has 0 aliphatic carbocycles. The second kappa shape index (κ2) is 14.9. The number of ether oxygens (including phenoxy) is 2. The molecule has 0 aromatic rings. The van der Waals surface area contributed by atoms with Crippen molar-refractivity contribution in [1.29, 1.82) is 0 Å². The van der Waals surface area contributed by atoms with Crippen LogP contribution >= 0.6 is 0 Å².